The first-order valence-corrected chi connectivity index (χ1v) is 4.98. The van der Waals surface area contributed by atoms with Crippen LogP contribution >= 0.6 is 22.6 Å². The Bertz CT molecular complexity index is 331. The standard InChI is InChI=1S/C10H9IO/c1-7-2-3-8-6-9(11)4-5-10(8)12-7/h2-7H,1H3/t7-/m0/s1. The largest absolute Gasteiger partial charge is 0.486 e. The molecule has 0 radical (unpaired) electrons. The van der Waals surface area contributed by atoms with Crippen molar-refractivity contribution in [2.75, 3.05) is 0 Å². The third kappa shape index (κ3) is 1.48. The van der Waals surface area contributed by atoms with Crippen LogP contribution in [0, 0.1) is 3.57 Å². The second-order valence-corrected chi connectivity index (χ2v) is 4.11. The van der Waals surface area contributed by atoms with E-state index in [1.165, 1.54) is 9.13 Å². The van der Waals surface area contributed by atoms with Crippen LogP contribution < -0.4 is 4.74 Å². The fraction of sp³-hybridized carbons (Fsp3) is 0.200. The summed E-state index contributed by atoms with van der Waals surface area (Å²) in [7, 11) is 0. The quantitative estimate of drug-likeness (QED) is 0.659. The molecule has 0 saturated carbocycles. The predicted octanol–water partition coefficient (Wildman–Crippen LogP) is 3.09. The fourth-order valence-electron chi connectivity index (χ4n) is 1.24. The summed E-state index contributed by atoms with van der Waals surface area (Å²) in [4.78, 5) is 0. The van der Waals surface area contributed by atoms with E-state index < -0.39 is 0 Å². The monoisotopic (exact) mass is 272 g/mol. The summed E-state index contributed by atoms with van der Waals surface area (Å²) < 4.78 is 6.84. The van der Waals surface area contributed by atoms with E-state index in [2.05, 4.69) is 46.9 Å². The van der Waals surface area contributed by atoms with Gasteiger partial charge in [0.05, 0.1) is 0 Å². The van der Waals surface area contributed by atoms with Gasteiger partial charge in [-0.2, -0.15) is 0 Å². The van der Waals surface area contributed by atoms with E-state index in [-0.39, 0.29) is 6.10 Å². The van der Waals surface area contributed by atoms with Crippen molar-refractivity contribution >= 4 is 28.7 Å². The molecule has 0 unspecified atom stereocenters. The van der Waals surface area contributed by atoms with Crippen molar-refractivity contribution in [2.45, 2.75) is 13.0 Å². The Hall–Kier alpha value is -0.510. The van der Waals surface area contributed by atoms with Crippen molar-refractivity contribution in [3.8, 4) is 5.75 Å². The average Bonchev–Trinajstić information content (AvgIpc) is 2.05. The van der Waals surface area contributed by atoms with E-state index in [4.69, 9.17) is 4.74 Å². The number of benzene rings is 1. The minimum atomic E-state index is 0.206. The van der Waals surface area contributed by atoms with Gasteiger partial charge in [0.1, 0.15) is 11.9 Å². The smallest absolute Gasteiger partial charge is 0.127 e. The maximum Gasteiger partial charge on any atom is 0.127 e. The molecule has 0 saturated heterocycles. The molecule has 1 aromatic carbocycles. The van der Waals surface area contributed by atoms with E-state index in [9.17, 15) is 0 Å². The third-order valence-corrected chi connectivity index (χ3v) is 2.50. The summed E-state index contributed by atoms with van der Waals surface area (Å²) in [6.45, 7) is 2.04. The third-order valence-electron chi connectivity index (χ3n) is 1.83. The van der Waals surface area contributed by atoms with E-state index in [0.717, 1.165) is 5.75 Å². The van der Waals surface area contributed by atoms with Crippen molar-refractivity contribution in [3.63, 3.8) is 0 Å². The van der Waals surface area contributed by atoms with Crippen LogP contribution in [0.3, 0.4) is 0 Å². The summed E-state index contributed by atoms with van der Waals surface area (Å²) in [6, 6.07) is 6.21. The highest BCUT2D eigenvalue weighted by atomic mass is 127. The van der Waals surface area contributed by atoms with Gasteiger partial charge in [-0.1, -0.05) is 6.08 Å². The lowest BCUT2D eigenvalue weighted by Crippen LogP contribution is -2.11. The summed E-state index contributed by atoms with van der Waals surface area (Å²) >= 11 is 2.30. The van der Waals surface area contributed by atoms with Gasteiger partial charge in [0.25, 0.3) is 0 Å². The van der Waals surface area contributed by atoms with Crippen LogP contribution in [-0.2, 0) is 0 Å². The lowest BCUT2D eigenvalue weighted by atomic mass is 10.1. The number of fused-ring (bicyclic) bond motifs is 1. The number of hydrogen-bond acceptors (Lipinski definition) is 1. The minimum absolute atomic E-state index is 0.206. The van der Waals surface area contributed by atoms with Crippen molar-refractivity contribution in [3.05, 3.63) is 33.4 Å². The highest BCUT2D eigenvalue weighted by molar-refractivity contribution is 14.1. The molecule has 2 rings (SSSR count). The van der Waals surface area contributed by atoms with Crippen LogP contribution in [-0.4, -0.2) is 6.10 Å². The molecule has 0 amide bonds. The Labute approximate surface area is 85.6 Å². The van der Waals surface area contributed by atoms with Gasteiger partial charge in [0.2, 0.25) is 0 Å². The zero-order chi connectivity index (χ0) is 8.55. The van der Waals surface area contributed by atoms with Gasteiger partial charge in [-0.25, -0.2) is 0 Å². The normalized spacial score (nSPS) is 20.0. The first kappa shape index (κ1) is 8.10. The molecule has 0 bridgehead atoms. The molecule has 1 aliphatic rings. The highest BCUT2D eigenvalue weighted by Gasteiger charge is 2.09. The molecule has 0 N–H and O–H groups in total. The van der Waals surface area contributed by atoms with Crippen LogP contribution in [0.15, 0.2) is 24.3 Å². The molecular formula is C10H9IO. The van der Waals surface area contributed by atoms with Crippen molar-refractivity contribution in [2.24, 2.45) is 0 Å². The second kappa shape index (κ2) is 3.09. The predicted molar refractivity (Wildman–Crippen MR) is 58.3 cm³/mol. The lowest BCUT2D eigenvalue weighted by molar-refractivity contribution is 0.266. The number of halogens is 1. The van der Waals surface area contributed by atoms with Gasteiger partial charge in [0, 0.05) is 9.13 Å². The maximum atomic E-state index is 5.60. The highest BCUT2D eigenvalue weighted by Crippen LogP contribution is 2.27. The van der Waals surface area contributed by atoms with Crippen molar-refractivity contribution < 1.29 is 4.74 Å². The lowest BCUT2D eigenvalue weighted by Gasteiger charge is -2.17. The molecule has 1 aromatic rings. The van der Waals surface area contributed by atoms with Crippen LogP contribution in [0.25, 0.3) is 6.08 Å². The Morgan fingerprint density at radius 3 is 3.08 bits per heavy atom. The van der Waals surface area contributed by atoms with Gasteiger partial charge in [0.15, 0.2) is 0 Å². The zero-order valence-corrected chi connectivity index (χ0v) is 8.91. The molecule has 0 spiro atoms. The first-order valence-electron chi connectivity index (χ1n) is 3.90. The van der Waals surface area contributed by atoms with Crippen molar-refractivity contribution in [1.29, 1.82) is 0 Å². The van der Waals surface area contributed by atoms with E-state index in [1.54, 1.807) is 0 Å². The average molecular weight is 272 g/mol. The molecule has 1 nitrogen and oxygen atoms in total. The molecule has 1 heterocycles. The molecule has 1 atom stereocenters. The molecule has 12 heavy (non-hydrogen) atoms. The summed E-state index contributed by atoms with van der Waals surface area (Å²) in [5.74, 6) is 0.991. The van der Waals surface area contributed by atoms with Crippen LogP contribution in [0.4, 0.5) is 0 Å². The minimum Gasteiger partial charge on any atom is -0.486 e. The van der Waals surface area contributed by atoms with Crippen LogP contribution in [0.1, 0.15) is 12.5 Å². The van der Waals surface area contributed by atoms with Crippen LogP contribution in [0.2, 0.25) is 0 Å². The Kier molecular flexibility index (Phi) is 2.09. The first-order chi connectivity index (χ1) is 5.75. The summed E-state index contributed by atoms with van der Waals surface area (Å²) in [5.41, 5.74) is 1.18. The van der Waals surface area contributed by atoms with E-state index in [1.807, 2.05) is 13.0 Å². The van der Waals surface area contributed by atoms with Gasteiger partial charge in [-0.15, -0.1) is 0 Å². The molecule has 2 heteroatoms. The Morgan fingerprint density at radius 1 is 1.42 bits per heavy atom. The summed E-state index contributed by atoms with van der Waals surface area (Å²) in [5, 5.41) is 0. The van der Waals surface area contributed by atoms with E-state index >= 15 is 0 Å². The Balaban J connectivity index is 2.47. The van der Waals surface area contributed by atoms with Crippen molar-refractivity contribution in [1.82, 2.24) is 0 Å². The number of rotatable bonds is 0. The van der Waals surface area contributed by atoms with Crippen LogP contribution in [0.5, 0.6) is 5.75 Å². The van der Waals surface area contributed by atoms with Gasteiger partial charge in [-0.3, -0.25) is 0 Å². The van der Waals surface area contributed by atoms with Gasteiger partial charge < -0.3 is 4.74 Å². The fourth-order valence-corrected chi connectivity index (χ4v) is 1.75. The maximum absolute atomic E-state index is 5.60. The molecule has 0 aliphatic carbocycles. The SMILES string of the molecule is C[C@H]1C=Cc2cc(I)ccc2O1. The van der Waals surface area contributed by atoms with E-state index in [0.29, 0.717) is 0 Å². The topological polar surface area (TPSA) is 9.23 Å². The summed E-state index contributed by atoms with van der Waals surface area (Å²) in [6.07, 6.45) is 4.39. The second-order valence-electron chi connectivity index (χ2n) is 2.86. The number of hydrogen-bond donors (Lipinski definition) is 0. The Morgan fingerprint density at radius 2 is 2.25 bits per heavy atom. The molecular weight excluding hydrogens is 263 g/mol. The zero-order valence-electron chi connectivity index (χ0n) is 6.75. The van der Waals surface area contributed by atoms with Gasteiger partial charge >= 0.3 is 0 Å². The number of ether oxygens (including phenoxy) is 1. The molecule has 1 aliphatic heterocycles. The molecule has 0 fully saturated rings. The molecule has 62 valence electrons. The van der Waals surface area contributed by atoms with Gasteiger partial charge in [-0.05, 0) is 53.8 Å². The molecule has 0 aromatic heterocycles.